The molecule has 0 aromatic heterocycles. The smallest absolute Gasteiger partial charge is 0.318 e. The van der Waals surface area contributed by atoms with Gasteiger partial charge in [-0.25, -0.2) is 4.79 Å². The number of carbonyl (C=O) groups excluding carboxylic acids is 2. The van der Waals surface area contributed by atoms with Crippen molar-refractivity contribution < 1.29 is 14.7 Å². The summed E-state index contributed by atoms with van der Waals surface area (Å²) in [4.78, 5) is 35.0. The number of benzene rings is 2. The summed E-state index contributed by atoms with van der Waals surface area (Å²) in [5.74, 6) is -0.0588. The molecule has 2 aromatic carbocycles. The fraction of sp³-hybridized carbons (Fsp3) is 0.500. The first-order chi connectivity index (χ1) is 17.4. The third kappa shape index (κ3) is 8.33. The molecule has 0 bridgehead atoms. The highest BCUT2D eigenvalue weighted by atomic mass is 16.3. The summed E-state index contributed by atoms with van der Waals surface area (Å²) in [6.45, 7) is 3.73. The first-order valence-corrected chi connectivity index (χ1v) is 12.7. The molecule has 3 rings (SSSR count). The van der Waals surface area contributed by atoms with Gasteiger partial charge in [0.25, 0.3) is 0 Å². The van der Waals surface area contributed by atoms with Gasteiger partial charge in [0.05, 0.1) is 12.6 Å². The lowest BCUT2D eigenvalue weighted by Gasteiger charge is -2.37. The summed E-state index contributed by atoms with van der Waals surface area (Å²) in [7, 11) is 5.89. The highest BCUT2D eigenvalue weighted by Crippen LogP contribution is 2.12. The van der Waals surface area contributed by atoms with E-state index in [0.717, 1.165) is 24.2 Å². The Balaban J connectivity index is 1.79. The minimum atomic E-state index is -0.679. The van der Waals surface area contributed by atoms with E-state index in [4.69, 9.17) is 0 Å². The van der Waals surface area contributed by atoms with Crippen molar-refractivity contribution in [2.75, 3.05) is 67.0 Å². The molecule has 3 amide bonds. The van der Waals surface area contributed by atoms with E-state index in [1.54, 1.807) is 4.90 Å². The Morgan fingerprint density at radius 1 is 0.944 bits per heavy atom. The molecule has 36 heavy (non-hydrogen) atoms. The summed E-state index contributed by atoms with van der Waals surface area (Å²) < 4.78 is 0. The van der Waals surface area contributed by atoms with E-state index in [9.17, 15) is 14.7 Å². The van der Waals surface area contributed by atoms with Crippen molar-refractivity contribution in [1.82, 2.24) is 24.9 Å². The zero-order chi connectivity index (χ0) is 25.9. The van der Waals surface area contributed by atoms with Crippen LogP contribution in [0.1, 0.15) is 11.1 Å². The van der Waals surface area contributed by atoms with Crippen LogP contribution < -0.4 is 5.32 Å². The number of nitrogens with zero attached hydrogens (tertiary/aromatic N) is 4. The van der Waals surface area contributed by atoms with Gasteiger partial charge in [-0.2, -0.15) is 0 Å². The molecule has 0 aliphatic carbocycles. The average Bonchev–Trinajstić information content (AvgIpc) is 2.88. The predicted molar refractivity (Wildman–Crippen MR) is 143 cm³/mol. The zero-order valence-electron chi connectivity index (χ0n) is 21.8. The molecule has 1 aliphatic rings. The minimum absolute atomic E-state index is 0.0588. The maximum atomic E-state index is 13.7. The van der Waals surface area contributed by atoms with Crippen LogP contribution in [-0.4, -0.2) is 116 Å². The molecule has 0 spiro atoms. The number of hydrogen-bond donors (Lipinski definition) is 2. The van der Waals surface area contributed by atoms with Crippen LogP contribution >= 0.6 is 0 Å². The van der Waals surface area contributed by atoms with Crippen LogP contribution in [0, 0.1) is 0 Å². The fourth-order valence-electron chi connectivity index (χ4n) is 4.55. The van der Waals surface area contributed by atoms with E-state index in [0.29, 0.717) is 39.0 Å². The van der Waals surface area contributed by atoms with E-state index in [1.807, 2.05) is 84.6 Å². The molecule has 1 fully saturated rings. The third-order valence-electron chi connectivity index (χ3n) is 6.67. The molecule has 8 heteroatoms. The molecule has 1 aliphatic heterocycles. The predicted octanol–water partition coefficient (Wildman–Crippen LogP) is 1.55. The van der Waals surface area contributed by atoms with Crippen molar-refractivity contribution in [3.05, 3.63) is 71.8 Å². The topological polar surface area (TPSA) is 79.4 Å². The van der Waals surface area contributed by atoms with E-state index in [2.05, 4.69) is 17.3 Å². The van der Waals surface area contributed by atoms with Gasteiger partial charge in [0.2, 0.25) is 5.91 Å². The summed E-state index contributed by atoms with van der Waals surface area (Å²) in [6, 6.07) is 18.4. The van der Waals surface area contributed by atoms with Crippen LogP contribution in [-0.2, 0) is 17.6 Å². The standard InChI is InChI=1S/C28H41N5O3/c1-30(2)21-25(22-34)33(15-14-23-10-6-4-7-11-23)28(36)29-26(20-24-12-8-5-9-13-24)27(35)32-18-16-31(3)17-19-32/h4-13,25-26,34H,14-22H2,1-3H3,(H,29,36)/t25?,26-/m0/s1. The van der Waals surface area contributed by atoms with E-state index in [-0.39, 0.29) is 24.6 Å². The number of aliphatic hydroxyl groups is 1. The van der Waals surface area contributed by atoms with Gasteiger partial charge >= 0.3 is 6.03 Å². The van der Waals surface area contributed by atoms with Gasteiger partial charge < -0.3 is 30.0 Å². The molecule has 0 radical (unpaired) electrons. The summed E-state index contributed by atoms with van der Waals surface area (Å²) in [6.07, 6.45) is 1.08. The van der Waals surface area contributed by atoms with E-state index < -0.39 is 6.04 Å². The number of rotatable bonds is 11. The largest absolute Gasteiger partial charge is 0.394 e. The van der Waals surface area contributed by atoms with Gasteiger partial charge in [0.1, 0.15) is 6.04 Å². The molecule has 1 unspecified atom stereocenters. The maximum Gasteiger partial charge on any atom is 0.318 e. The van der Waals surface area contributed by atoms with Gasteiger partial charge in [0, 0.05) is 45.7 Å². The molecule has 8 nitrogen and oxygen atoms in total. The minimum Gasteiger partial charge on any atom is -0.394 e. The molecule has 196 valence electrons. The monoisotopic (exact) mass is 495 g/mol. The van der Waals surface area contributed by atoms with E-state index in [1.165, 1.54) is 0 Å². The molecular formula is C28H41N5O3. The normalized spacial score (nSPS) is 16.0. The lowest BCUT2D eigenvalue weighted by molar-refractivity contribution is -0.134. The zero-order valence-corrected chi connectivity index (χ0v) is 21.8. The van der Waals surface area contributed by atoms with Crippen molar-refractivity contribution >= 4 is 11.9 Å². The van der Waals surface area contributed by atoms with Crippen LogP contribution in [0.5, 0.6) is 0 Å². The summed E-state index contributed by atoms with van der Waals surface area (Å²) >= 11 is 0. The third-order valence-corrected chi connectivity index (χ3v) is 6.67. The molecule has 2 N–H and O–H groups in total. The van der Waals surface area contributed by atoms with Crippen LogP contribution in [0.25, 0.3) is 0 Å². The first-order valence-electron chi connectivity index (χ1n) is 12.7. The highest BCUT2D eigenvalue weighted by Gasteiger charge is 2.31. The Hall–Kier alpha value is -2.94. The summed E-state index contributed by atoms with van der Waals surface area (Å²) in [5.41, 5.74) is 2.11. The number of nitrogens with one attached hydrogen (secondary N) is 1. The molecule has 1 saturated heterocycles. The van der Waals surface area contributed by atoms with Gasteiger partial charge in [-0.3, -0.25) is 4.79 Å². The number of aliphatic hydroxyl groups excluding tert-OH is 1. The molecular weight excluding hydrogens is 454 g/mol. The Morgan fingerprint density at radius 2 is 1.53 bits per heavy atom. The van der Waals surface area contributed by atoms with Gasteiger partial charge in [-0.15, -0.1) is 0 Å². The number of piperazine rings is 1. The second kappa shape index (κ2) is 14.0. The SMILES string of the molecule is CN(C)CC(CO)N(CCc1ccccc1)C(=O)N[C@@H](Cc1ccccc1)C(=O)N1CCN(C)CC1. The number of amides is 3. The Morgan fingerprint density at radius 3 is 2.08 bits per heavy atom. The maximum absolute atomic E-state index is 13.7. The van der Waals surface area contributed by atoms with Crippen molar-refractivity contribution in [2.24, 2.45) is 0 Å². The second-order valence-corrected chi connectivity index (χ2v) is 9.85. The van der Waals surface area contributed by atoms with Gasteiger partial charge in [0.15, 0.2) is 0 Å². The van der Waals surface area contributed by atoms with E-state index >= 15 is 0 Å². The fourth-order valence-corrected chi connectivity index (χ4v) is 4.55. The quantitative estimate of drug-likeness (QED) is 0.495. The molecule has 0 saturated carbocycles. The Bertz CT molecular complexity index is 933. The van der Waals surface area contributed by atoms with Crippen molar-refractivity contribution in [3.63, 3.8) is 0 Å². The van der Waals surface area contributed by atoms with Crippen LogP contribution in [0.4, 0.5) is 4.79 Å². The molecule has 2 atom stereocenters. The van der Waals surface area contributed by atoms with Crippen molar-refractivity contribution in [1.29, 1.82) is 0 Å². The summed E-state index contributed by atoms with van der Waals surface area (Å²) in [5, 5.41) is 13.2. The molecule has 2 aromatic rings. The van der Waals surface area contributed by atoms with Crippen LogP contribution in [0.15, 0.2) is 60.7 Å². The van der Waals surface area contributed by atoms with Crippen molar-refractivity contribution in [3.8, 4) is 0 Å². The van der Waals surface area contributed by atoms with Gasteiger partial charge in [-0.1, -0.05) is 60.7 Å². The van der Waals surface area contributed by atoms with Gasteiger partial charge in [-0.05, 0) is 38.7 Å². The Kier molecular flexibility index (Phi) is 10.7. The van der Waals surface area contributed by atoms with Crippen LogP contribution in [0.3, 0.4) is 0 Å². The molecule has 1 heterocycles. The average molecular weight is 496 g/mol. The number of carbonyl (C=O) groups is 2. The second-order valence-electron chi connectivity index (χ2n) is 9.85. The lowest BCUT2D eigenvalue weighted by Crippen LogP contribution is -2.59. The van der Waals surface area contributed by atoms with Crippen molar-refractivity contribution in [2.45, 2.75) is 24.9 Å². The highest BCUT2D eigenvalue weighted by molar-refractivity contribution is 5.87. The number of hydrogen-bond acceptors (Lipinski definition) is 5. The number of likely N-dealkylation sites (N-methyl/N-ethyl adjacent to an activating group) is 2. The number of urea groups is 1. The Labute approximate surface area is 215 Å². The lowest BCUT2D eigenvalue weighted by atomic mass is 10.0. The first kappa shape index (κ1) is 27.6. The van der Waals surface area contributed by atoms with Crippen LogP contribution in [0.2, 0.25) is 0 Å².